The van der Waals surface area contributed by atoms with Crippen molar-refractivity contribution in [1.82, 2.24) is 4.90 Å². The van der Waals surface area contributed by atoms with Crippen molar-refractivity contribution >= 4 is 17.3 Å². The maximum Gasteiger partial charge on any atom is 0.241 e. The van der Waals surface area contributed by atoms with Gasteiger partial charge in [-0.2, -0.15) is 0 Å². The number of benzene rings is 3. The third kappa shape index (κ3) is 6.12. The molecule has 1 fully saturated rings. The predicted octanol–water partition coefficient (Wildman–Crippen LogP) is 4.77. The molecule has 33 heavy (non-hydrogen) atoms. The van der Waals surface area contributed by atoms with Gasteiger partial charge in [0.15, 0.2) is 0 Å². The zero-order valence-corrected chi connectivity index (χ0v) is 19.2. The Kier molecular flexibility index (Phi) is 7.60. The number of likely N-dealkylation sites (N-methyl/N-ethyl adjacent to an activating group) is 1. The van der Waals surface area contributed by atoms with E-state index in [9.17, 15) is 4.79 Å². The van der Waals surface area contributed by atoms with E-state index in [2.05, 4.69) is 39.4 Å². The number of para-hydroxylation sites is 2. The number of carbonyl (C=O) groups excluding carboxylic acids is 1. The van der Waals surface area contributed by atoms with Gasteiger partial charge in [0.05, 0.1) is 19.3 Å². The molecular weight excluding hydrogens is 414 g/mol. The van der Waals surface area contributed by atoms with Crippen molar-refractivity contribution in [2.24, 2.45) is 0 Å². The average molecular weight is 446 g/mol. The molecule has 0 radical (unpaired) electrons. The van der Waals surface area contributed by atoms with Gasteiger partial charge in [0, 0.05) is 31.0 Å². The molecule has 0 bridgehead atoms. The Morgan fingerprint density at radius 1 is 0.970 bits per heavy atom. The van der Waals surface area contributed by atoms with E-state index in [0.29, 0.717) is 6.54 Å². The normalized spacial score (nSPS) is 14.7. The van der Waals surface area contributed by atoms with Crippen LogP contribution in [0.3, 0.4) is 0 Å². The number of amides is 1. The minimum absolute atomic E-state index is 0.0434. The van der Waals surface area contributed by atoms with E-state index >= 15 is 0 Å². The minimum atomic E-state index is -0.289. The molecule has 1 amide bonds. The number of rotatable bonds is 8. The van der Waals surface area contributed by atoms with E-state index in [0.717, 1.165) is 43.5 Å². The van der Waals surface area contributed by atoms with E-state index < -0.39 is 0 Å². The number of morpholine rings is 1. The van der Waals surface area contributed by atoms with Crippen LogP contribution in [0.25, 0.3) is 0 Å². The second-order valence-corrected chi connectivity index (χ2v) is 8.25. The fraction of sp³-hybridized carbons (Fsp3) is 0.296. The van der Waals surface area contributed by atoms with Gasteiger partial charge in [0.25, 0.3) is 0 Å². The van der Waals surface area contributed by atoms with Crippen LogP contribution in [0.15, 0.2) is 78.9 Å². The van der Waals surface area contributed by atoms with Gasteiger partial charge in [-0.15, -0.1) is 0 Å². The van der Waals surface area contributed by atoms with Gasteiger partial charge in [0.2, 0.25) is 5.91 Å². The SMILES string of the molecule is C[C@@H](C(=O)Nc1ccc(Oc2ccccc2)cc1)N(C)Cc1ccccc1N1CCOCC1. The first-order chi connectivity index (χ1) is 16.1. The molecule has 0 unspecified atom stereocenters. The monoisotopic (exact) mass is 445 g/mol. The summed E-state index contributed by atoms with van der Waals surface area (Å²) in [6, 6.07) is 25.2. The summed E-state index contributed by atoms with van der Waals surface area (Å²) in [7, 11) is 1.98. The molecule has 1 saturated heterocycles. The fourth-order valence-electron chi connectivity index (χ4n) is 3.84. The van der Waals surface area contributed by atoms with Crippen molar-refractivity contribution < 1.29 is 14.3 Å². The lowest BCUT2D eigenvalue weighted by Crippen LogP contribution is -2.40. The first-order valence-corrected chi connectivity index (χ1v) is 11.3. The molecule has 6 nitrogen and oxygen atoms in total. The molecule has 0 spiro atoms. The molecule has 1 aliphatic heterocycles. The van der Waals surface area contributed by atoms with Crippen molar-refractivity contribution in [3.8, 4) is 11.5 Å². The Morgan fingerprint density at radius 3 is 2.33 bits per heavy atom. The van der Waals surface area contributed by atoms with Crippen LogP contribution in [-0.2, 0) is 16.1 Å². The standard InChI is InChI=1S/C27H31N3O3/c1-21(29(2)20-22-8-6-7-11-26(22)30-16-18-32-19-17-30)27(31)28-23-12-14-25(15-13-23)33-24-9-4-3-5-10-24/h3-15,21H,16-20H2,1-2H3,(H,28,31)/t21-/m0/s1. The second-order valence-electron chi connectivity index (χ2n) is 8.25. The van der Waals surface area contributed by atoms with E-state index in [1.807, 2.05) is 68.6 Å². The van der Waals surface area contributed by atoms with Gasteiger partial charge >= 0.3 is 0 Å². The highest BCUT2D eigenvalue weighted by Gasteiger charge is 2.21. The topological polar surface area (TPSA) is 54.0 Å². The van der Waals surface area contributed by atoms with E-state index in [1.165, 1.54) is 11.3 Å². The number of nitrogens with one attached hydrogen (secondary N) is 1. The third-order valence-corrected chi connectivity index (χ3v) is 5.90. The Hall–Kier alpha value is -3.35. The number of ether oxygens (including phenoxy) is 2. The summed E-state index contributed by atoms with van der Waals surface area (Å²) in [5, 5.41) is 3.01. The zero-order chi connectivity index (χ0) is 23.0. The van der Waals surface area contributed by atoms with Gasteiger partial charge in [-0.3, -0.25) is 9.69 Å². The highest BCUT2D eigenvalue weighted by Crippen LogP contribution is 2.25. The van der Waals surface area contributed by atoms with Crippen molar-refractivity contribution in [2.45, 2.75) is 19.5 Å². The first-order valence-electron chi connectivity index (χ1n) is 11.3. The molecule has 0 aliphatic carbocycles. The van der Waals surface area contributed by atoms with Gasteiger partial charge < -0.3 is 19.7 Å². The minimum Gasteiger partial charge on any atom is -0.457 e. The molecule has 0 aromatic heterocycles. The Labute approximate surface area is 195 Å². The Balaban J connectivity index is 1.34. The first kappa shape index (κ1) is 22.8. The molecule has 1 atom stereocenters. The summed E-state index contributed by atoms with van der Waals surface area (Å²) in [6.45, 7) is 5.89. The van der Waals surface area contributed by atoms with Crippen molar-refractivity contribution in [1.29, 1.82) is 0 Å². The molecule has 1 N–H and O–H groups in total. The van der Waals surface area contributed by atoms with Crippen LogP contribution in [-0.4, -0.2) is 50.2 Å². The number of nitrogens with zero attached hydrogens (tertiary/aromatic N) is 2. The summed E-state index contributed by atoms with van der Waals surface area (Å²) < 4.78 is 11.3. The van der Waals surface area contributed by atoms with Crippen LogP contribution in [0.1, 0.15) is 12.5 Å². The Bertz CT molecular complexity index is 1030. The smallest absolute Gasteiger partial charge is 0.241 e. The van der Waals surface area contributed by atoms with E-state index in [1.54, 1.807) is 0 Å². The van der Waals surface area contributed by atoms with Gasteiger partial charge in [-0.05, 0) is 62.0 Å². The fourth-order valence-corrected chi connectivity index (χ4v) is 3.84. The lowest BCUT2D eigenvalue weighted by molar-refractivity contribution is -0.120. The molecular formula is C27H31N3O3. The number of carbonyl (C=O) groups is 1. The van der Waals surface area contributed by atoms with Crippen LogP contribution < -0.4 is 15.0 Å². The van der Waals surface area contributed by atoms with Gasteiger partial charge in [-0.25, -0.2) is 0 Å². The lowest BCUT2D eigenvalue weighted by Gasteiger charge is -2.32. The van der Waals surface area contributed by atoms with Crippen LogP contribution in [0.5, 0.6) is 11.5 Å². The van der Waals surface area contributed by atoms with Crippen molar-refractivity contribution in [2.75, 3.05) is 43.6 Å². The second kappa shape index (κ2) is 11.0. The highest BCUT2D eigenvalue weighted by molar-refractivity contribution is 5.94. The predicted molar refractivity (Wildman–Crippen MR) is 132 cm³/mol. The molecule has 1 heterocycles. The quantitative estimate of drug-likeness (QED) is 0.541. The summed E-state index contributed by atoms with van der Waals surface area (Å²) in [4.78, 5) is 17.3. The average Bonchev–Trinajstić information content (AvgIpc) is 2.86. The Morgan fingerprint density at radius 2 is 1.61 bits per heavy atom. The van der Waals surface area contributed by atoms with Crippen LogP contribution in [0, 0.1) is 0 Å². The van der Waals surface area contributed by atoms with Crippen LogP contribution in [0.2, 0.25) is 0 Å². The molecule has 3 aromatic carbocycles. The summed E-state index contributed by atoms with van der Waals surface area (Å²) in [6.07, 6.45) is 0. The molecule has 172 valence electrons. The van der Waals surface area contributed by atoms with Gasteiger partial charge in [0.1, 0.15) is 11.5 Å². The summed E-state index contributed by atoms with van der Waals surface area (Å²) in [5.41, 5.74) is 3.17. The largest absolute Gasteiger partial charge is 0.457 e. The molecule has 3 aromatic rings. The van der Waals surface area contributed by atoms with E-state index in [-0.39, 0.29) is 11.9 Å². The van der Waals surface area contributed by atoms with Crippen molar-refractivity contribution in [3.05, 3.63) is 84.4 Å². The number of anilines is 2. The zero-order valence-electron chi connectivity index (χ0n) is 19.2. The summed E-state index contributed by atoms with van der Waals surface area (Å²) in [5.74, 6) is 1.46. The van der Waals surface area contributed by atoms with Gasteiger partial charge in [-0.1, -0.05) is 36.4 Å². The summed E-state index contributed by atoms with van der Waals surface area (Å²) >= 11 is 0. The van der Waals surface area contributed by atoms with E-state index in [4.69, 9.17) is 9.47 Å². The molecule has 6 heteroatoms. The molecule has 4 rings (SSSR count). The molecule has 1 aliphatic rings. The highest BCUT2D eigenvalue weighted by atomic mass is 16.5. The van der Waals surface area contributed by atoms with Crippen LogP contribution in [0.4, 0.5) is 11.4 Å². The lowest BCUT2D eigenvalue weighted by atomic mass is 10.1. The maximum absolute atomic E-state index is 12.9. The van der Waals surface area contributed by atoms with Crippen molar-refractivity contribution in [3.63, 3.8) is 0 Å². The molecule has 0 saturated carbocycles. The maximum atomic E-state index is 12.9. The number of hydrogen-bond acceptors (Lipinski definition) is 5. The van der Waals surface area contributed by atoms with Crippen LogP contribution >= 0.6 is 0 Å². The number of hydrogen-bond donors (Lipinski definition) is 1. The third-order valence-electron chi connectivity index (χ3n) is 5.90.